The highest BCUT2D eigenvalue weighted by Gasteiger charge is 2.30. The van der Waals surface area contributed by atoms with Gasteiger partial charge in [0.2, 0.25) is 5.91 Å². The van der Waals surface area contributed by atoms with E-state index >= 15 is 0 Å². The minimum absolute atomic E-state index is 0.0479. The molecule has 3 heterocycles. The van der Waals surface area contributed by atoms with Crippen LogP contribution >= 0.6 is 22.7 Å². The van der Waals surface area contributed by atoms with Gasteiger partial charge in [-0.25, -0.2) is 9.78 Å². The number of thiazole rings is 1. The highest BCUT2D eigenvalue weighted by atomic mass is 32.1. The van der Waals surface area contributed by atoms with Gasteiger partial charge in [0.25, 0.3) is 0 Å². The van der Waals surface area contributed by atoms with Crippen LogP contribution in [0.4, 0.5) is 9.80 Å². The Kier molecular flexibility index (Phi) is 6.81. The number of hydrogen-bond donors (Lipinski definition) is 1. The summed E-state index contributed by atoms with van der Waals surface area (Å²) in [5.74, 6) is -0.0479. The molecule has 0 saturated carbocycles. The normalized spacial score (nSPS) is 13.1. The van der Waals surface area contributed by atoms with Crippen LogP contribution in [0.3, 0.4) is 0 Å². The van der Waals surface area contributed by atoms with Gasteiger partial charge in [0.15, 0.2) is 0 Å². The zero-order chi connectivity index (χ0) is 25.4. The van der Waals surface area contributed by atoms with Crippen LogP contribution in [0.25, 0.3) is 20.8 Å². The summed E-state index contributed by atoms with van der Waals surface area (Å²) in [6.45, 7) is 9.41. The molecule has 2 aromatic carbocycles. The van der Waals surface area contributed by atoms with Crippen molar-refractivity contribution in [3.8, 4) is 10.6 Å². The van der Waals surface area contributed by atoms with Crippen LogP contribution in [0, 0.1) is 20.8 Å². The molecule has 2 aromatic heterocycles. The minimum atomic E-state index is -0.297. The predicted molar refractivity (Wildman–Crippen MR) is 147 cm³/mol. The van der Waals surface area contributed by atoms with E-state index < -0.39 is 0 Å². The smallest absolute Gasteiger partial charge is 0.410 e. The quantitative estimate of drug-likeness (QED) is 0.321. The number of para-hydroxylation sites is 1. The molecule has 0 bridgehead atoms. The van der Waals surface area contributed by atoms with Crippen molar-refractivity contribution < 1.29 is 14.3 Å². The second kappa shape index (κ2) is 10.0. The van der Waals surface area contributed by atoms with Gasteiger partial charge in [-0.3, -0.25) is 4.79 Å². The third-order valence-electron chi connectivity index (χ3n) is 6.52. The van der Waals surface area contributed by atoms with Crippen LogP contribution in [0.5, 0.6) is 0 Å². The summed E-state index contributed by atoms with van der Waals surface area (Å²) >= 11 is 3.17. The number of benzene rings is 2. The molecule has 0 spiro atoms. The maximum Gasteiger partial charge on any atom is 0.410 e. The van der Waals surface area contributed by atoms with Crippen molar-refractivity contribution in [2.75, 3.05) is 18.5 Å². The Morgan fingerprint density at radius 1 is 1.11 bits per heavy atom. The first kappa shape index (κ1) is 24.5. The number of anilines is 1. The summed E-state index contributed by atoms with van der Waals surface area (Å²) in [6.07, 6.45) is 0.713. The molecule has 1 N–H and O–H groups in total. The summed E-state index contributed by atoms with van der Waals surface area (Å²) in [7, 11) is 0. The number of amides is 2. The molecule has 4 aromatic rings. The Morgan fingerprint density at radius 3 is 2.58 bits per heavy atom. The molecule has 36 heavy (non-hydrogen) atoms. The molecule has 1 aliphatic rings. The summed E-state index contributed by atoms with van der Waals surface area (Å²) in [4.78, 5) is 33.4. The number of aromatic nitrogens is 1. The van der Waals surface area contributed by atoms with E-state index in [0.29, 0.717) is 32.5 Å². The fourth-order valence-electron chi connectivity index (χ4n) is 4.89. The lowest BCUT2D eigenvalue weighted by Crippen LogP contribution is -2.35. The number of nitrogens with one attached hydrogen (secondary N) is 1. The van der Waals surface area contributed by atoms with E-state index in [1.165, 1.54) is 5.56 Å². The van der Waals surface area contributed by atoms with Gasteiger partial charge in [0.05, 0.1) is 29.8 Å². The SMILES string of the molecule is CCOC(=O)N1CCc2c(sc(NC(=O)Cc3c(C)cc(C)cc3C)c2-c2nc3ccccc3s2)C1. The number of rotatable bonds is 5. The Hall–Kier alpha value is -3.23. The van der Waals surface area contributed by atoms with Crippen molar-refractivity contribution in [1.29, 1.82) is 0 Å². The van der Waals surface area contributed by atoms with Gasteiger partial charge in [-0.05, 0) is 68.5 Å². The first-order chi connectivity index (χ1) is 17.3. The average molecular weight is 520 g/mol. The van der Waals surface area contributed by atoms with Crippen LogP contribution in [-0.4, -0.2) is 35.0 Å². The molecule has 0 saturated heterocycles. The number of aryl methyl sites for hydroxylation is 3. The van der Waals surface area contributed by atoms with Gasteiger partial charge in [-0.1, -0.05) is 29.8 Å². The molecular formula is C28H29N3O3S2. The van der Waals surface area contributed by atoms with Crippen molar-refractivity contribution in [3.63, 3.8) is 0 Å². The highest BCUT2D eigenvalue weighted by molar-refractivity contribution is 7.22. The van der Waals surface area contributed by atoms with Crippen molar-refractivity contribution in [3.05, 3.63) is 69.1 Å². The van der Waals surface area contributed by atoms with E-state index in [-0.39, 0.29) is 12.0 Å². The fourth-order valence-corrected chi connectivity index (χ4v) is 7.28. The van der Waals surface area contributed by atoms with Crippen LogP contribution in [-0.2, 0) is 28.9 Å². The van der Waals surface area contributed by atoms with E-state index in [1.807, 2.05) is 25.1 Å². The van der Waals surface area contributed by atoms with Gasteiger partial charge in [-0.2, -0.15) is 0 Å². The third-order valence-corrected chi connectivity index (χ3v) is 8.71. The number of hydrogen-bond acceptors (Lipinski definition) is 6. The number of carbonyl (C=O) groups excluding carboxylic acids is 2. The molecule has 0 atom stereocenters. The molecule has 0 radical (unpaired) electrons. The second-order valence-corrected chi connectivity index (χ2v) is 11.3. The Balaban J connectivity index is 1.50. The van der Waals surface area contributed by atoms with Crippen LogP contribution in [0.1, 0.15) is 39.6 Å². The minimum Gasteiger partial charge on any atom is -0.450 e. The van der Waals surface area contributed by atoms with Crippen LogP contribution < -0.4 is 5.32 Å². The van der Waals surface area contributed by atoms with Gasteiger partial charge in [0, 0.05) is 17.0 Å². The number of ether oxygens (including phenoxy) is 1. The molecule has 1 aliphatic heterocycles. The van der Waals surface area contributed by atoms with E-state index in [4.69, 9.17) is 9.72 Å². The largest absolute Gasteiger partial charge is 0.450 e. The lowest BCUT2D eigenvalue weighted by molar-refractivity contribution is -0.115. The van der Waals surface area contributed by atoms with Gasteiger partial charge in [0.1, 0.15) is 10.0 Å². The van der Waals surface area contributed by atoms with Gasteiger partial charge < -0.3 is 15.0 Å². The molecule has 6 nitrogen and oxygen atoms in total. The molecular weight excluding hydrogens is 490 g/mol. The molecule has 0 unspecified atom stereocenters. The standard InChI is InChI=1S/C28H29N3O3S2/c1-5-34-28(33)31-11-10-19-23(15-31)36-27(25(19)26-29-21-8-6-7-9-22(21)35-26)30-24(32)14-20-17(3)12-16(2)13-18(20)4/h6-9,12-13H,5,10-11,14-15H2,1-4H3,(H,30,32). The number of carbonyl (C=O) groups is 2. The molecule has 8 heteroatoms. The average Bonchev–Trinajstić information content (AvgIpc) is 3.41. The van der Waals surface area contributed by atoms with E-state index in [9.17, 15) is 9.59 Å². The first-order valence-electron chi connectivity index (χ1n) is 12.1. The Morgan fingerprint density at radius 2 is 1.86 bits per heavy atom. The summed E-state index contributed by atoms with van der Waals surface area (Å²) in [5.41, 5.74) is 7.63. The first-order valence-corrected chi connectivity index (χ1v) is 13.8. The molecule has 186 valence electrons. The number of nitrogens with zero attached hydrogens (tertiary/aromatic N) is 2. The monoisotopic (exact) mass is 519 g/mol. The predicted octanol–water partition coefficient (Wildman–Crippen LogP) is 6.65. The zero-order valence-electron chi connectivity index (χ0n) is 20.9. The molecule has 0 fully saturated rings. The fraction of sp³-hybridized carbons (Fsp3) is 0.321. The van der Waals surface area contributed by atoms with Crippen molar-refractivity contribution in [1.82, 2.24) is 9.88 Å². The van der Waals surface area contributed by atoms with Gasteiger partial charge >= 0.3 is 6.09 Å². The molecule has 0 aliphatic carbocycles. The summed E-state index contributed by atoms with van der Waals surface area (Å²) in [5, 5.41) is 4.91. The Bertz CT molecular complexity index is 1410. The van der Waals surface area contributed by atoms with Crippen LogP contribution in [0.15, 0.2) is 36.4 Å². The number of thiophene rings is 1. The highest BCUT2D eigenvalue weighted by Crippen LogP contribution is 2.45. The van der Waals surface area contributed by atoms with Crippen LogP contribution in [0.2, 0.25) is 0 Å². The van der Waals surface area contributed by atoms with E-state index in [2.05, 4.69) is 44.3 Å². The lowest BCUT2D eigenvalue weighted by Gasteiger charge is -2.26. The number of fused-ring (bicyclic) bond motifs is 2. The third kappa shape index (κ3) is 4.75. The van der Waals surface area contributed by atoms with E-state index in [0.717, 1.165) is 52.9 Å². The van der Waals surface area contributed by atoms with Gasteiger partial charge in [-0.15, -0.1) is 22.7 Å². The molecule has 2 amide bonds. The summed E-state index contributed by atoms with van der Waals surface area (Å²) < 4.78 is 6.34. The van der Waals surface area contributed by atoms with E-state index in [1.54, 1.807) is 27.6 Å². The topological polar surface area (TPSA) is 71.5 Å². The zero-order valence-corrected chi connectivity index (χ0v) is 22.6. The second-order valence-electron chi connectivity index (χ2n) is 9.17. The van der Waals surface area contributed by atoms with Crippen molar-refractivity contribution in [2.24, 2.45) is 0 Å². The summed E-state index contributed by atoms with van der Waals surface area (Å²) in [6, 6.07) is 12.3. The van der Waals surface area contributed by atoms with Crippen molar-refractivity contribution >= 4 is 49.9 Å². The lowest BCUT2D eigenvalue weighted by atomic mass is 9.97. The Labute approximate surface area is 218 Å². The maximum absolute atomic E-state index is 13.3. The van der Waals surface area contributed by atoms with Crippen molar-refractivity contribution in [2.45, 2.75) is 47.1 Å². The molecule has 5 rings (SSSR count). The maximum atomic E-state index is 13.3.